The van der Waals surface area contributed by atoms with E-state index in [1.165, 1.54) is 0 Å². The average molecular weight is 1160 g/mol. The van der Waals surface area contributed by atoms with Crippen molar-refractivity contribution >= 4 is 122 Å². The van der Waals surface area contributed by atoms with Crippen molar-refractivity contribution in [3.05, 3.63) is 168 Å². The second kappa shape index (κ2) is 21.3. The number of nitrogens with zero attached hydrogens (tertiary/aromatic N) is 2. The number of benzene rings is 7. The minimum atomic E-state index is -0.599. The predicted octanol–water partition coefficient (Wildman–Crippen LogP) is 14.9. The first-order valence-corrected chi connectivity index (χ1v) is 27.6. The molecule has 4 heterocycles. The van der Waals surface area contributed by atoms with E-state index in [4.69, 9.17) is 14.2 Å². The summed E-state index contributed by atoms with van der Waals surface area (Å²) in [6.07, 6.45) is -1.06. The number of carbonyl (C=O) groups is 4. The summed E-state index contributed by atoms with van der Waals surface area (Å²) < 4.78 is 17.0. The van der Waals surface area contributed by atoms with Crippen molar-refractivity contribution in [2.24, 2.45) is 0 Å². The molecule has 11 rings (SSSR count). The Kier molecular flexibility index (Phi) is 14.6. The van der Waals surface area contributed by atoms with E-state index in [0.717, 1.165) is 82.5 Å². The molecule has 14 nitrogen and oxygen atoms in total. The molecule has 4 amide bonds. The molecule has 2 aromatic heterocycles. The number of anilines is 4. The van der Waals surface area contributed by atoms with E-state index < -0.39 is 23.4 Å². The number of H-pyrrole nitrogens is 2. The van der Waals surface area contributed by atoms with E-state index in [-0.39, 0.29) is 29.4 Å². The molecule has 0 bridgehead atoms. The normalized spacial score (nSPS) is 15.0. The summed E-state index contributed by atoms with van der Waals surface area (Å²) in [6.45, 7) is 12.4. The fraction of sp³-hybridized carbons (Fsp3) is 0.246. The molecule has 2 atom stereocenters. The van der Waals surface area contributed by atoms with Gasteiger partial charge in [-0.2, -0.15) is 0 Å². The highest BCUT2D eigenvalue weighted by Gasteiger charge is 2.37. The van der Waals surface area contributed by atoms with Gasteiger partial charge in [-0.25, -0.2) is 9.59 Å². The molecule has 0 aliphatic carbocycles. The summed E-state index contributed by atoms with van der Waals surface area (Å²) in [4.78, 5) is 62.1. The molecule has 0 radical (unpaired) electrons. The van der Waals surface area contributed by atoms with E-state index in [0.29, 0.717) is 47.8 Å². The maximum atomic E-state index is 14.0. The molecule has 9 aromatic rings. The zero-order valence-electron chi connectivity index (χ0n) is 43.4. The molecule has 394 valence electrons. The Bertz CT molecular complexity index is 3750. The minimum Gasteiger partial charge on any atom is -0.507 e. The second-order valence-corrected chi connectivity index (χ2v) is 22.6. The van der Waals surface area contributed by atoms with Crippen molar-refractivity contribution < 1.29 is 38.5 Å². The lowest BCUT2D eigenvalue weighted by Gasteiger charge is -2.19. The highest BCUT2D eigenvalue weighted by Crippen LogP contribution is 2.48. The van der Waals surface area contributed by atoms with Gasteiger partial charge >= 0.3 is 12.2 Å². The number of halogens is 2. The van der Waals surface area contributed by atoms with Crippen LogP contribution in [0.1, 0.15) is 91.0 Å². The maximum Gasteiger partial charge on any atom is 0.412 e. The number of phenolic OH excluding ortho intramolecular Hbond substituents is 1. The highest BCUT2D eigenvalue weighted by molar-refractivity contribution is 9.09. The number of hydrogen-bond acceptors (Lipinski definition) is 8. The van der Waals surface area contributed by atoms with Crippen LogP contribution in [0.5, 0.6) is 11.5 Å². The first-order valence-electron chi connectivity index (χ1n) is 25.3. The lowest BCUT2D eigenvalue weighted by molar-refractivity contribution is 0.0624. The zero-order valence-corrected chi connectivity index (χ0v) is 46.6. The Morgan fingerprint density at radius 2 is 1.01 bits per heavy atom. The third-order valence-corrected chi connectivity index (χ3v) is 14.9. The monoisotopic (exact) mass is 1160 g/mol. The van der Waals surface area contributed by atoms with Gasteiger partial charge in [-0.1, -0.05) is 111 Å². The molecular weight excluding hydrogens is 1100 g/mol. The molecule has 0 fully saturated rings. The molecule has 0 saturated heterocycles. The van der Waals surface area contributed by atoms with Crippen LogP contribution < -0.4 is 25.2 Å². The topological polar surface area (TPSA) is 178 Å². The Morgan fingerprint density at radius 3 is 1.49 bits per heavy atom. The number of ether oxygens (including phenoxy) is 3. The zero-order chi connectivity index (χ0) is 54.3. The maximum absolute atomic E-state index is 14.0. The number of phenols is 1. The van der Waals surface area contributed by atoms with Gasteiger partial charge in [0.2, 0.25) is 0 Å². The Morgan fingerprint density at radius 1 is 0.571 bits per heavy atom. The summed E-state index contributed by atoms with van der Waals surface area (Å²) in [7, 11) is 0. The molecule has 16 heteroatoms. The highest BCUT2D eigenvalue weighted by atomic mass is 79.9. The summed E-state index contributed by atoms with van der Waals surface area (Å²) in [5.41, 5.74) is 7.32. The number of rotatable bonds is 9. The third kappa shape index (κ3) is 11.2. The van der Waals surface area contributed by atoms with Gasteiger partial charge in [-0.3, -0.25) is 20.2 Å². The van der Waals surface area contributed by atoms with Gasteiger partial charge < -0.3 is 39.1 Å². The number of aromatic hydroxyl groups is 1. The Hall–Kier alpha value is -7.82. The molecule has 0 saturated carbocycles. The fourth-order valence-electron chi connectivity index (χ4n) is 10.1. The largest absolute Gasteiger partial charge is 0.507 e. The van der Waals surface area contributed by atoms with Crippen molar-refractivity contribution in [3.63, 3.8) is 0 Å². The van der Waals surface area contributed by atoms with Crippen molar-refractivity contribution in [2.45, 2.75) is 71.2 Å². The SMILES string of the molecule is CC(C)(C)OC(=O)Nc1ccc2[nH]c(C(=O)N3C[C@@H](CBr)c4c3cc(O)c3ccccc43)cc2c1.CC(C)(C)OC(=O)Nc1ccc2[nH]c(C(=O)N3C[C@@H](CBr)c4c3cc(OCc3ccccc3)c3ccccc43)cc2c1. The summed E-state index contributed by atoms with van der Waals surface area (Å²) in [5, 5.41) is 23.0. The molecule has 2 aliphatic rings. The Labute approximate surface area is 462 Å². The standard InChI is InChI=1S/C34H32BrN3O4.C27H26BrN3O4/c1-34(2,3)42-33(40)36-24-13-14-27-22(15-24)16-28(37-27)32(39)38-19-23(18-35)31-26-12-8-7-11-25(26)30(17-29(31)38)41-20-21-9-5-4-6-10-21;1-27(2,3)35-26(34)29-17-8-9-20-15(10-17)11-21(30-20)25(33)31-14-16(13-28)24-19-7-5-4-6-18(19)23(32)12-22(24)31/h4-17,23,37H,18-20H2,1-3H3,(H,36,40);4-12,16,30,32H,13-14H2,1-3H3,(H,29,34)/t23-;16-/m11/s1. The van der Waals surface area contributed by atoms with Crippen LogP contribution in [0.3, 0.4) is 0 Å². The number of aromatic nitrogens is 2. The molecule has 2 aliphatic heterocycles. The van der Waals surface area contributed by atoms with Gasteiger partial charge in [0.1, 0.15) is 40.7 Å². The number of fused-ring (bicyclic) bond motifs is 8. The lowest BCUT2D eigenvalue weighted by Crippen LogP contribution is -2.30. The smallest absolute Gasteiger partial charge is 0.412 e. The first-order chi connectivity index (χ1) is 36.8. The van der Waals surface area contributed by atoms with E-state index in [9.17, 15) is 24.3 Å². The van der Waals surface area contributed by atoms with Crippen molar-refractivity contribution in [1.29, 1.82) is 0 Å². The van der Waals surface area contributed by atoms with Crippen LogP contribution >= 0.6 is 31.9 Å². The van der Waals surface area contributed by atoms with Gasteiger partial charge in [0, 0.05) is 91.7 Å². The minimum absolute atomic E-state index is 0.105. The fourth-order valence-corrected chi connectivity index (χ4v) is 11.2. The molecule has 77 heavy (non-hydrogen) atoms. The summed E-state index contributed by atoms with van der Waals surface area (Å²) >= 11 is 7.30. The van der Waals surface area contributed by atoms with Crippen LogP contribution in [0.15, 0.2) is 140 Å². The first kappa shape index (κ1) is 52.6. The lowest BCUT2D eigenvalue weighted by atomic mass is 9.95. The quantitative estimate of drug-likeness (QED) is 0.0887. The summed E-state index contributed by atoms with van der Waals surface area (Å²) in [6, 6.07) is 44.1. The number of aromatic amines is 2. The Balaban J connectivity index is 0.000000178. The molecule has 0 spiro atoms. The second-order valence-electron chi connectivity index (χ2n) is 21.3. The van der Waals surface area contributed by atoms with E-state index in [1.807, 2.05) is 123 Å². The van der Waals surface area contributed by atoms with E-state index in [1.54, 1.807) is 56.0 Å². The van der Waals surface area contributed by atoms with Gasteiger partial charge in [0.15, 0.2) is 0 Å². The molecule has 0 unspecified atom stereocenters. The van der Waals surface area contributed by atoms with E-state index >= 15 is 0 Å². The van der Waals surface area contributed by atoms with Crippen LogP contribution in [0, 0.1) is 0 Å². The van der Waals surface area contributed by atoms with Crippen molar-refractivity contribution in [2.75, 3.05) is 44.2 Å². The van der Waals surface area contributed by atoms with Crippen LogP contribution in [0.25, 0.3) is 43.4 Å². The van der Waals surface area contributed by atoms with Crippen molar-refractivity contribution in [1.82, 2.24) is 9.97 Å². The van der Waals surface area contributed by atoms with Crippen molar-refractivity contribution in [3.8, 4) is 11.5 Å². The van der Waals surface area contributed by atoms with Crippen LogP contribution in [-0.2, 0) is 16.1 Å². The van der Waals surface area contributed by atoms with Gasteiger partial charge in [-0.05, 0) is 118 Å². The number of carbonyl (C=O) groups excluding carboxylic acids is 4. The van der Waals surface area contributed by atoms with Gasteiger partial charge in [0.25, 0.3) is 11.8 Å². The van der Waals surface area contributed by atoms with E-state index in [2.05, 4.69) is 64.6 Å². The van der Waals surface area contributed by atoms with Gasteiger partial charge in [0.05, 0.1) is 11.4 Å². The molecule has 7 aromatic carbocycles. The molecule has 5 N–H and O–H groups in total. The average Bonchev–Trinajstić information content (AvgIpc) is 4.21. The summed E-state index contributed by atoms with van der Waals surface area (Å²) in [5.74, 6) is 0.834. The number of amides is 4. The molecular formula is C61H58Br2N6O8. The third-order valence-electron chi connectivity index (χ3n) is 13.4. The number of alkyl halides is 2. The number of hydrogen-bond donors (Lipinski definition) is 5. The number of nitrogens with one attached hydrogen (secondary N) is 4. The van der Waals surface area contributed by atoms with Crippen LogP contribution in [0.4, 0.5) is 32.3 Å². The van der Waals surface area contributed by atoms with Gasteiger partial charge in [-0.15, -0.1) is 0 Å². The van der Waals surface area contributed by atoms with Crippen LogP contribution in [-0.4, -0.2) is 74.0 Å². The van der Waals surface area contributed by atoms with Crippen LogP contribution in [0.2, 0.25) is 0 Å². The predicted molar refractivity (Wildman–Crippen MR) is 313 cm³/mol.